The van der Waals surface area contributed by atoms with Crippen LogP contribution in [0.5, 0.6) is 0 Å². The lowest BCUT2D eigenvalue weighted by molar-refractivity contribution is 0.741. The largest absolute Gasteiger partial charge is 0.399 e. The molecule has 0 amide bonds. The first-order valence-electron chi connectivity index (χ1n) is 5.70. The molecule has 19 heavy (non-hydrogen) atoms. The van der Waals surface area contributed by atoms with Crippen molar-refractivity contribution < 1.29 is 0 Å². The van der Waals surface area contributed by atoms with Gasteiger partial charge in [0.25, 0.3) is 0 Å². The molecule has 2 aromatic rings. The molecule has 4 heteroatoms. The molecular formula is C15H12Cl2N2. The van der Waals surface area contributed by atoms with E-state index >= 15 is 0 Å². The van der Waals surface area contributed by atoms with Crippen LogP contribution in [-0.2, 0) is 5.41 Å². The zero-order valence-corrected chi connectivity index (χ0v) is 11.8. The van der Waals surface area contributed by atoms with Crippen molar-refractivity contribution in [3.8, 4) is 6.07 Å². The zero-order chi connectivity index (χ0) is 14.0. The summed E-state index contributed by atoms with van der Waals surface area (Å²) in [7, 11) is 0. The Kier molecular flexibility index (Phi) is 3.71. The van der Waals surface area contributed by atoms with Crippen LogP contribution < -0.4 is 5.73 Å². The maximum absolute atomic E-state index is 9.58. The van der Waals surface area contributed by atoms with Crippen molar-refractivity contribution in [2.45, 2.75) is 12.3 Å². The highest BCUT2D eigenvalue weighted by Crippen LogP contribution is 2.36. The molecule has 0 aliphatic carbocycles. The molecule has 2 nitrogen and oxygen atoms in total. The van der Waals surface area contributed by atoms with E-state index in [0.717, 1.165) is 11.1 Å². The van der Waals surface area contributed by atoms with E-state index in [-0.39, 0.29) is 0 Å². The second kappa shape index (κ2) is 5.13. The molecule has 2 rings (SSSR count). The lowest BCUT2D eigenvalue weighted by atomic mass is 9.77. The molecule has 0 aliphatic rings. The van der Waals surface area contributed by atoms with E-state index in [0.29, 0.717) is 15.7 Å². The van der Waals surface area contributed by atoms with Gasteiger partial charge < -0.3 is 5.73 Å². The van der Waals surface area contributed by atoms with E-state index in [1.54, 1.807) is 30.3 Å². The van der Waals surface area contributed by atoms with Crippen molar-refractivity contribution in [3.63, 3.8) is 0 Å². The fourth-order valence-electron chi connectivity index (χ4n) is 2.00. The average Bonchev–Trinajstić information content (AvgIpc) is 2.38. The standard InChI is InChI=1S/C15H12Cl2N2/c1-15(9-18,10-2-4-11(16)5-3-10)13-7-6-12(19)8-14(13)17/h2-8H,19H2,1H3. The highest BCUT2D eigenvalue weighted by molar-refractivity contribution is 6.32. The van der Waals surface area contributed by atoms with E-state index in [9.17, 15) is 5.26 Å². The van der Waals surface area contributed by atoms with E-state index in [2.05, 4.69) is 6.07 Å². The molecule has 0 heterocycles. The third-order valence-electron chi connectivity index (χ3n) is 3.18. The van der Waals surface area contributed by atoms with Crippen molar-refractivity contribution in [1.29, 1.82) is 5.26 Å². The Bertz CT molecular complexity index is 644. The van der Waals surface area contributed by atoms with Gasteiger partial charge in [-0.25, -0.2) is 0 Å². The number of anilines is 1. The fraction of sp³-hybridized carbons (Fsp3) is 0.133. The first-order chi connectivity index (χ1) is 8.97. The van der Waals surface area contributed by atoms with Crippen molar-refractivity contribution in [1.82, 2.24) is 0 Å². The Morgan fingerprint density at radius 1 is 1.11 bits per heavy atom. The number of nitriles is 1. The van der Waals surface area contributed by atoms with Gasteiger partial charge in [-0.05, 0) is 42.3 Å². The van der Waals surface area contributed by atoms with Crippen LogP contribution in [0.25, 0.3) is 0 Å². The Morgan fingerprint density at radius 3 is 2.26 bits per heavy atom. The summed E-state index contributed by atoms with van der Waals surface area (Å²) in [5.74, 6) is 0. The number of rotatable bonds is 2. The predicted molar refractivity (Wildman–Crippen MR) is 79.4 cm³/mol. The number of halogens is 2. The van der Waals surface area contributed by atoms with Gasteiger partial charge in [0.15, 0.2) is 0 Å². The quantitative estimate of drug-likeness (QED) is 0.833. The number of nitrogens with zero attached hydrogens (tertiary/aromatic N) is 1. The molecule has 0 fully saturated rings. The van der Waals surface area contributed by atoms with Crippen molar-refractivity contribution >= 4 is 28.9 Å². The van der Waals surface area contributed by atoms with E-state index in [1.807, 2.05) is 19.1 Å². The molecule has 0 aliphatic heterocycles. The van der Waals surface area contributed by atoms with E-state index in [4.69, 9.17) is 28.9 Å². The van der Waals surface area contributed by atoms with Gasteiger partial charge in [-0.15, -0.1) is 0 Å². The number of benzene rings is 2. The highest BCUT2D eigenvalue weighted by Gasteiger charge is 2.31. The fourth-order valence-corrected chi connectivity index (χ4v) is 2.50. The summed E-state index contributed by atoms with van der Waals surface area (Å²) in [6.45, 7) is 1.83. The molecular weight excluding hydrogens is 279 g/mol. The van der Waals surface area contributed by atoms with Crippen LogP contribution in [0.4, 0.5) is 5.69 Å². The third-order valence-corrected chi connectivity index (χ3v) is 3.74. The maximum atomic E-state index is 9.58. The number of hydrogen-bond donors (Lipinski definition) is 1. The van der Waals surface area contributed by atoms with Gasteiger partial charge >= 0.3 is 0 Å². The SMILES string of the molecule is CC(C#N)(c1ccc(Cl)cc1)c1ccc(N)cc1Cl. The van der Waals surface area contributed by atoms with Gasteiger partial charge in [-0.3, -0.25) is 0 Å². The lowest BCUT2D eigenvalue weighted by Crippen LogP contribution is -2.21. The minimum Gasteiger partial charge on any atom is -0.399 e. The predicted octanol–water partition coefficient (Wildman–Crippen LogP) is 4.41. The molecule has 2 N–H and O–H groups in total. The van der Waals surface area contributed by atoms with E-state index < -0.39 is 5.41 Å². The second-order valence-electron chi connectivity index (χ2n) is 4.48. The van der Waals surface area contributed by atoms with Gasteiger partial charge in [0, 0.05) is 15.7 Å². The van der Waals surface area contributed by atoms with Gasteiger partial charge in [0.1, 0.15) is 5.41 Å². The monoisotopic (exact) mass is 290 g/mol. The highest BCUT2D eigenvalue weighted by atomic mass is 35.5. The number of hydrogen-bond acceptors (Lipinski definition) is 2. The van der Waals surface area contributed by atoms with Gasteiger partial charge in [0.2, 0.25) is 0 Å². The Labute approximate surface area is 122 Å². The van der Waals surface area contributed by atoms with E-state index in [1.165, 1.54) is 0 Å². The van der Waals surface area contributed by atoms with Gasteiger partial charge in [-0.2, -0.15) is 5.26 Å². The average molecular weight is 291 g/mol. The van der Waals surface area contributed by atoms with Crippen molar-refractivity contribution in [3.05, 3.63) is 63.6 Å². The molecule has 0 bridgehead atoms. The zero-order valence-electron chi connectivity index (χ0n) is 10.3. The summed E-state index contributed by atoms with van der Waals surface area (Å²) in [5, 5.41) is 10.7. The Morgan fingerprint density at radius 2 is 1.74 bits per heavy atom. The molecule has 0 radical (unpaired) electrons. The smallest absolute Gasteiger partial charge is 0.106 e. The summed E-state index contributed by atoms with van der Waals surface area (Å²) >= 11 is 12.1. The van der Waals surface area contributed by atoms with Crippen LogP contribution in [0.3, 0.4) is 0 Å². The molecule has 0 saturated carbocycles. The van der Waals surface area contributed by atoms with Crippen LogP contribution in [0.2, 0.25) is 10.0 Å². The summed E-state index contributed by atoms with van der Waals surface area (Å²) in [5.41, 5.74) is 6.99. The topological polar surface area (TPSA) is 49.8 Å². The molecule has 2 aromatic carbocycles. The van der Waals surface area contributed by atoms with Gasteiger partial charge in [0.05, 0.1) is 6.07 Å². The molecule has 0 saturated heterocycles. The number of nitrogens with two attached hydrogens (primary N) is 1. The van der Waals surface area contributed by atoms with Crippen LogP contribution in [0.1, 0.15) is 18.1 Å². The van der Waals surface area contributed by atoms with Crippen LogP contribution >= 0.6 is 23.2 Å². The molecule has 0 aromatic heterocycles. The molecule has 1 atom stereocenters. The molecule has 0 spiro atoms. The number of nitrogen functional groups attached to an aromatic ring is 1. The maximum Gasteiger partial charge on any atom is 0.106 e. The van der Waals surface area contributed by atoms with Crippen LogP contribution in [-0.4, -0.2) is 0 Å². The summed E-state index contributed by atoms with van der Waals surface area (Å²) in [4.78, 5) is 0. The van der Waals surface area contributed by atoms with Crippen molar-refractivity contribution in [2.75, 3.05) is 5.73 Å². The third kappa shape index (κ3) is 2.53. The molecule has 96 valence electrons. The minimum absolute atomic E-state index is 0.485. The molecule has 1 unspecified atom stereocenters. The Balaban J connectivity index is 2.60. The minimum atomic E-state index is -0.838. The van der Waals surface area contributed by atoms with Crippen LogP contribution in [0.15, 0.2) is 42.5 Å². The first kappa shape index (κ1) is 13.7. The van der Waals surface area contributed by atoms with Crippen molar-refractivity contribution in [2.24, 2.45) is 0 Å². The normalized spacial score (nSPS) is 13.6. The summed E-state index contributed by atoms with van der Waals surface area (Å²) in [6, 6.07) is 14.7. The summed E-state index contributed by atoms with van der Waals surface area (Å²) in [6.07, 6.45) is 0. The van der Waals surface area contributed by atoms with Gasteiger partial charge in [-0.1, -0.05) is 41.4 Å². The Hall–Kier alpha value is -1.69. The second-order valence-corrected chi connectivity index (χ2v) is 5.33. The first-order valence-corrected chi connectivity index (χ1v) is 6.46. The lowest BCUT2D eigenvalue weighted by Gasteiger charge is -2.24. The van der Waals surface area contributed by atoms with Crippen LogP contribution in [0, 0.1) is 11.3 Å². The summed E-state index contributed by atoms with van der Waals surface area (Å²) < 4.78 is 0.